The van der Waals surface area contributed by atoms with E-state index in [9.17, 15) is 14.7 Å². The molecular formula is C21H25N3O3S. The van der Waals surface area contributed by atoms with Gasteiger partial charge in [-0.05, 0) is 42.8 Å². The van der Waals surface area contributed by atoms with Crippen LogP contribution in [0.2, 0.25) is 0 Å². The fraction of sp³-hybridized carbons (Fsp3) is 0.429. The molecule has 2 aliphatic rings. The number of anilines is 1. The van der Waals surface area contributed by atoms with Crippen LogP contribution in [-0.4, -0.2) is 65.5 Å². The molecule has 0 bridgehead atoms. The van der Waals surface area contributed by atoms with Crippen LogP contribution in [0, 0.1) is 0 Å². The molecule has 2 aliphatic heterocycles. The van der Waals surface area contributed by atoms with E-state index in [1.807, 2.05) is 34.5 Å². The lowest BCUT2D eigenvalue weighted by molar-refractivity contribution is -0.137. The van der Waals surface area contributed by atoms with Crippen molar-refractivity contribution in [2.75, 3.05) is 37.6 Å². The van der Waals surface area contributed by atoms with E-state index in [1.54, 1.807) is 17.0 Å². The Hall–Kier alpha value is -2.54. The van der Waals surface area contributed by atoms with Crippen LogP contribution < -0.4 is 4.90 Å². The Morgan fingerprint density at radius 1 is 1.00 bits per heavy atom. The first-order chi connectivity index (χ1) is 13.6. The number of hydrogen-bond acceptors (Lipinski definition) is 5. The maximum atomic E-state index is 13.2. The molecular weight excluding hydrogens is 374 g/mol. The number of thiophene rings is 1. The number of hydrogen-bond donors (Lipinski definition) is 1. The zero-order valence-electron chi connectivity index (χ0n) is 15.8. The Kier molecular flexibility index (Phi) is 5.52. The van der Waals surface area contributed by atoms with Gasteiger partial charge in [0.1, 0.15) is 11.8 Å². The lowest BCUT2D eigenvalue weighted by Crippen LogP contribution is -2.57. The van der Waals surface area contributed by atoms with Gasteiger partial charge in [-0.1, -0.05) is 12.1 Å². The van der Waals surface area contributed by atoms with Gasteiger partial charge < -0.3 is 19.8 Å². The van der Waals surface area contributed by atoms with Gasteiger partial charge in [0, 0.05) is 44.5 Å². The molecule has 2 fully saturated rings. The summed E-state index contributed by atoms with van der Waals surface area (Å²) in [7, 11) is 0. The summed E-state index contributed by atoms with van der Waals surface area (Å²) in [6.07, 6.45) is 2.67. The van der Waals surface area contributed by atoms with Crippen molar-refractivity contribution in [1.82, 2.24) is 9.80 Å². The van der Waals surface area contributed by atoms with Crippen molar-refractivity contribution in [3.8, 4) is 5.75 Å². The molecule has 1 N–H and O–H groups in total. The van der Waals surface area contributed by atoms with Crippen molar-refractivity contribution in [3.63, 3.8) is 0 Å². The van der Waals surface area contributed by atoms with Crippen molar-refractivity contribution in [1.29, 1.82) is 0 Å². The van der Waals surface area contributed by atoms with E-state index in [1.165, 1.54) is 11.3 Å². The van der Waals surface area contributed by atoms with Gasteiger partial charge in [0.05, 0.1) is 4.88 Å². The minimum atomic E-state index is -0.351. The van der Waals surface area contributed by atoms with Crippen LogP contribution in [0.1, 0.15) is 28.9 Å². The number of likely N-dealkylation sites (tertiary alicyclic amines) is 1. The van der Waals surface area contributed by atoms with Crippen molar-refractivity contribution >= 4 is 28.8 Å². The lowest BCUT2D eigenvalue weighted by Gasteiger charge is -2.41. The summed E-state index contributed by atoms with van der Waals surface area (Å²) in [5.74, 6) is 0.299. The van der Waals surface area contributed by atoms with E-state index >= 15 is 0 Å². The average Bonchev–Trinajstić information content (AvgIpc) is 3.28. The van der Waals surface area contributed by atoms with Gasteiger partial charge in [0.2, 0.25) is 5.91 Å². The summed E-state index contributed by atoms with van der Waals surface area (Å²) in [4.78, 5) is 32.6. The van der Waals surface area contributed by atoms with Gasteiger partial charge in [-0.3, -0.25) is 9.59 Å². The molecule has 7 heteroatoms. The van der Waals surface area contributed by atoms with Gasteiger partial charge in [-0.2, -0.15) is 0 Å². The highest BCUT2D eigenvalue weighted by Gasteiger charge is 2.36. The number of benzene rings is 1. The fourth-order valence-corrected chi connectivity index (χ4v) is 4.74. The number of phenols is 1. The standard InChI is InChI=1S/C21H25N3O3S/c25-17-6-3-5-16(15-17)22-10-12-23(13-11-22)20(26)18-7-1-2-9-24(18)21(27)19-8-4-14-28-19/h3-6,8,14-15,18,25H,1-2,7,9-13H2. The number of piperidine rings is 1. The smallest absolute Gasteiger partial charge is 0.264 e. The third-order valence-corrected chi connectivity index (χ3v) is 6.42. The molecule has 6 nitrogen and oxygen atoms in total. The zero-order valence-corrected chi connectivity index (χ0v) is 16.6. The number of carbonyl (C=O) groups excluding carboxylic acids is 2. The molecule has 2 aromatic rings. The zero-order chi connectivity index (χ0) is 19.5. The van der Waals surface area contributed by atoms with Crippen LogP contribution in [-0.2, 0) is 4.79 Å². The minimum Gasteiger partial charge on any atom is -0.508 e. The Labute approximate surface area is 169 Å². The van der Waals surface area contributed by atoms with Crippen LogP contribution in [0.25, 0.3) is 0 Å². The normalized spacial score (nSPS) is 20.3. The minimum absolute atomic E-state index is 0.0218. The maximum Gasteiger partial charge on any atom is 0.264 e. The van der Waals surface area contributed by atoms with E-state index in [0.717, 1.165) is 38.0 Å². The molecule has 0 aliphatic carbocycles. The molecule has 28 heavy (non-hydrogen) atoms. The van der Waals surface area contributed by atoms with Crippen LogP contribution in [0.5, 0.6) is 5.75 Å². The molecule has 0 radical (unpaired) electrons. The number of rotatable bonds is 3. The molecule has 1 aromatic carbocycles. The lowest BCUT2D eigenvalue weighted by atomic mass is 10.00. The summed E-state index contributed by atoms with van der Waals surface area (Å²) in [5, 5.41) is 11.6. The number of amides is 2. The molecule has 1 aromatic heterocycles. The first kappa shape index (κ1) is 18.8. The Morgan fingerprint density at radius 2 is 1.82 bits per heavy atom. The van der Waals surface area contributed by atoms with Gasteiger partial charge in [0.25, 0.3) is 5.91 Å². The SMILES string of the molecule is O=C(C1CCCCN1C(=O)c1cccs1)N1CCN(c2cccc(O)c2)CC1. The number of piperazine rings is 1. The van der Waals surface area contributed by atoms with E-state index in [4.69, 9.17) is 0 Å². The Bertz CT molecular complexity index is 831. The summed E-state index contributed by atoms with van der Waals surface area (Å²) < 4.78 is 0. The van der Waals surface area contributed by atoms with Crippen LogP contribution in [0.15, 0.2) is 41.8 Å². The highest BCUT2D eigenvalue weighted by molar-refractivity contribution is 7.12. The number of phenolic OH excluding ortho intramolecular Hbond substituents is 1. The van der Waals surface area contributed by atoms with Crippen molar-refractivity contribution in [2.24, 2.45) is 0 Å². The number of aromatic hydroxyl groups is 1. The first-order valence-electron chi connectivity index (χ1n) is 9.81. The third-order valence-electron chi connectivity index (χ3n) is 5.57. The molecule has 1 unspecified atom stereocenters. The molecule has 2 saturated heterocycles. The molecule has 0 saturated carbocycles. The van der Waals surface area contributed by atoms with E-state index < -0.39 is 0 Å². The fourth-order valence-electron chi connectivity index (χ4n) is 4.06. The van der Waals surface area contributed by atoms with Gasteiger partial charge >= 0.3 is 0 Å². The van der Waals surface area contributed by atoms with E-state index in [2.05, 4.69) is 4.90 Å². The largest absolute Gasteiger partial charge is 0.508 e. The van der Waals surface area contributed by atoms with Crippen molar-refractivity contribution < 1.29 is 14.7 Å². The van der Waals surface area contributed by atoms with E-state index in [0.29, 0.717) is 24.5 Å². The Balaban J connectivity index is 1.41. The number of carbonyl (C=O) groups is 2. The molecule has 0 spiro atoms. The van der Waals surface area contributed by atoms with Crippen LogP contribution in [0.4, 0.5) is 5.69 Å². The molecule has 3 heterocycles. The highest BCUT2D eigenvalue weighted by atomic mass is 32.1. The first-order valence-corrected chi connectivity index (χ1v) is 10.7. The number of nitrogens with zero attached hydrogens (tertiary/aromatic N) is 3. The summed E-state index contributed by atoms with van der Waals surface area (Å²) in [5.41, 5.74) is 0.972. The molecule has 2 amide bonds. The van der Waals surface area contributed by atoms with Crippen LogP contribution >= 0.6 is 11.3 Å². The molecule has 1 atom stereocenters. The van der Waals surface area contributed by atoms with Gasteiger partial charge in [0.15, 0.2) is 0 Å². The summed E-state index contributed by atoms with van der Waals surface area (Å²) in [6.45, 7) is 3.36. The molecule has 148 valence electrons. The highest BCUT2D eigenvalue weighted by Crippen LogP contribution is 2.25. The summed E-state index contributed by atoms with van der Waals surface area (Å²) in [6, 6.07) is 10.6. The van der Waals surface area contributed by atoms with Crippen LogP contribution in [0.3, 0.4) is 0 Å². The predicted molar refractivity (Wildman–Crippen MR) is 110 cm³/mol. The monoisotopic (exact) mass is 399 g/mol. The predicted octanol–water partition coefficient (Wildman–Crippen LogP) is 2.80. The van der Waals surface area contributed by atoms with Gasteiger partial charge in [-0.25, -0.2) is 0 Å². The second-order valence-corrected chi connectivity index (χ2v) is 8.27. The van der Waals surface area contributed by atoms with E-state index in [-0.39, 0.29) is 23.6 Å². The summed E-state index contributed by atoms with van der Waals surface area (Å²) >= 11 is 1.43. The maximum absolute atomic E-state index is 13.2. The Morgan fingerprint density at radius 3 is 2.54 bits per heavy atom. The van der Waals surface area contributed by atoms with Crippen molar-refractivity contribution in [3.05, 3.63) is 46.7 Å². The van der Waals surface area contributed by atoms with Crippen molar-refractivity contribution in [2.45, 2.75) is 25.3 Å². The quantitative estimate of drug-likeness (QED) is 0.862. The van der Waals surface area contributed by atoms with Gasteiger partial charge in [-0.15, -0.1) is 11.3 Å². The second-order valence-electron chi connectivity index (χ2n) is 7.32. The molecule has 4 rings (SSSR count). The average molecular weight is 400 g/mol. The topological polar surface area (TPSA) is 64.1 Å². The second kappa shape index (κ2) is 8.22. The third kappa shape index (κ3) is 3.85.